The van der Waals surface area contributed by atoms with Crippen LogP contribution in [0, 0.1) is 0 Å². The standard InChI is InChI=1S/C29H34O7/c1-31-28-26(34-19-23-14-8-4-9-15-23)25(30)27(35-20-24-16-10-5-11-17-24)29(32-2,36-28)21-33-18-22-12-6-3-7-13-22/h3-17,25-28,30H,18-21H2,1-2H3/t25-,26+,27+,28+,29+/m0/s1. The van der Waals surface area contributed by atoms with Gasteiger partial charge < -0.3 is 33.5 Å². The molecule has 1 aliphatic heterocycles. The molecule has 0 aliphatic carbocycles. The van der Waals surface area contributed by atoms with E-state index in [-0.39, 0.29) is 19.8 Å². The summed E-state index contributed by atoms with van der Waals surface area (Å²) in [6, 6.07) is 29.3. The number of hydrogen-bond acceptors (Lipinski definition) is 7. The van der Waals surface area contributed by atoms with Crippen LogP contribution in [0.4, 0.5) is 0 Å². The lowest BCUT2D eigenvalue weighted by Gasteiger charge is -2.49. The summed E-state index contributed by atoms with van der Waals surface area (Å²) in [5.41, 5.74) is 2.93. The van der Waals surface area contributed by atoms with Crippen molar-refractivity contribution in [3.63, 3.8) is 0 Å². The number of rotatable bonds is 12. The van der Waals surface area contributed by atoms with Gasteiger partial charge in [0.2, 0.25) is 5.79 Å². The maximum absolute atomic E-state index is 11.5. The van der Waals surface area contributed by atoms with Gasteiger partial charge >= 0.3 is 0 Å². The summed E-state index contributed by atoms with van der Waals surface area (Å²) in [6.07, 6.45) is -3.74. The highest BCUT2D eigenvalue weighted by molar-refractivity contribution is 5.15. The van der Waals surface area contributed by atoms with Crippen molar-refractivity contribution in [2.75, 3.05) is 20.8 Å². The van der Waals surface area contributed by atoms with Crippen LogP contribution in [0.3, 0.4) is 0 Å². The molecule has 1 N–H and O–H groups in total. The predicted octanol–water partition coefficient (Wildman–Crippen LogP) is 4.08. The van der Waals surface area contributed by atoms with Crippen molar-refractivity contribution < 1.29 is 33.5 Å². The SMILES string of the molecule is CO[C@@H]1O[C@@](COCc2ccccc2)(OC)[C@H](OCc2ccccc2)[C@@H](O)[C@H]1OCc1ccccc1. The van der Waals surface area contributed by atoms with Crippen LogP contribution in [-0.2, 0) is 48.2 Å². The van der Waals surface area contributed by atoms with E-state index in [9.17, 15) is 5.11 Å². The second-order valence-corrected chi connectivity index (χ2v) is 8.69. The fourth-order valence-corrected chi connectivity index (χ4v) is 4.26. The summed E-state index contributed by atoms with van der Waals surface area (Å²) < 4.78 is 36.1. The van der Waals surface area contributed by atoms with Gasteiger partial charge in [-0.15, -0.1) is 0 Å². The summed E-state index contributed by atoms with van der Waals surface area (Å²) in [6.45, 7) is 0.892. The first-order chi connectivity index (χ1) is 17.6. The van der Waals surface area contributed by atoms with Crippen LogP contribution in [0.15, 0.2) is 91.0 Å². The summed E-state index contributed by atoms with van der Waals surface area (Å²) in [4.78, 5) is 0. The van der Waals surface area contributed by atoms with Gasteiger partial charge in [0.15, 0.2) is 6.29 Å². The molecule has 1 heterocycles. The Morgan fingerprint density at radius 3 is 1.72 bits per heavy atom. The zero-order valence-corrected chi connectivity index (χ0v) is 20.7. The average molecular weight is 495 g/mol. The van der Waals surface area contributed by atoms with Gasteiger partial charge in [0.1, 0.15) is 24.9 Å². The molecule has 1 aliphatic rings. The maximum atomic E-state index is 11.5. The monoisotopic (exact) mass is 494 g/mol. The Hall–Kier alpha value is -2.62. The minimum absolute atomic E-state index is 0.0141. The first-order valence-corrected chi connectivity index (χ1v) is 12.0. The van der Waals surface area contributed by atoms with Crippen LogP contribution in [0.25, 0.3) is 0 Å². The van der Waals surface area contributed by atoms with Gasteiger partial charge in [0, 0.05) is 14.2 Å². The molecule has 192 valence electrons. The van der Waals surface area contributed by atoms with E-state index in [4.69, 9.17) is 28.4 Å². The number of benzene rings is 3. The number of methoxy groups -OCH3 is 2. The lowest BCUT2D eigenvalue weighted by molar-refractivity contribution is -0.413. The fraction of sp³-hybridized carbons (Fsp3) is 0.379. The molecule has 1 saturated heterocycles. The van der Waals surface area contributed by atoms with Gasteiger partial charge in [-0.2, -0.15) is 0 Å². The van der Waals surface area contributed by atoms with Crippen molar-refractivity contribution in [3.05, 3.63) is 108 Å². The fourth-order valence-electron chi connectivity index (χ4n) is 4.26. The molecule has 0 saturated carbocycles. The highest BCUT2D eigenvalue weighted by Crippen LogP contribution is 2.36. The minimum atomic E-state index is -1.42. The quantitative estimate of drug-likeness (QED) is 0.407. The Bertz CT molecular complexity index is 1020. The van der Waals surface area contributed by atoms with Gasteiger partial charge in [0.25, 0.3) is 0 Å². The number of ether oxygens (including phenoxy) is 6. The number of aliphatic hydroxyl groups excluding tert-OH is 1. The van der Waals surface area contributed by atoms with Crippen LogP contribution < -0.4 is 0 Å². The Morgan fingerprint density at radius 2 is 1.22 bits per heavy atom. The molecule has 0 radical (unpaired) electrons. The zero-order chi connectivity index (χ0) is 25.2. The number of hydrogen-bond donors (Lipinski definition) is 1. The molecular formula is C29H34O7. The Labute approximate surface area is 212 Å². The van der Waals surface area contributed by atoms with E-state index in [1.54, 1.807) is 0 Å². The van der Waals surface area contributed by atoms with Gasteiger partial charge in [-0.25, -0.2) is 0 Å². The maximum Gasteiger partial charge on any atom is 0.223 e. The Kier molecular flexibility index (Phi) is 9.60. The van der Waals surface area contributed by atoms with E-state index in [0.29, 0.717) is 6.61 Å². The third-order valence-corrected chi connectivity index (χ3v) is 6.21. The number of aliphatic hydroxyl groups is 1. The van der Waals surface area contributed by atoms with Gasteiger partial charge in [0.05, 0.1) is 19.8 Å². The molecule has 3 aromatic carbocycles. The smallest absolute Gasteiger partial charge is 0.223 e. The van der Waals surface area contributed by atoms with Crippen molar-refractivity contribution in [2.24, 2.45) is 0 Å². The van der Waals surface area contributed by atoms with E-state index < -0.39 is 30.4 Å². The van der Waals surface area contributed by atoms with Crippen LogP contribution >= 0.6 is 0 Å². The molecule has 7 heteroatoms. The van der Waals surface area contributed by atoms with Crippen molar-refractivity contribution >= 4 is 0 Å². The summed E-state index contributed by atoms with van der Waals surface area (Å²) in [5.74, 6) is -1.42. The summed E-state index contributed by atoms with van der Waals surface area (Å²) in [7, 11) is 3.02. The molecular weight excluding hydrogens is 460 g/mol. The van der Waals surface area contributed by atoms with Crippen molar-refractivity contribution in [1.29, 1.82) is 0 Å². The van der Waals surface area contributed by atoms with E-state index in [0.717, 1.165) is 16.7 Å². The molecule has 1 fully saturated rings. The van der Waals surface area contributed by atoms with Crippen molar-refractivity contribution in [2.45, 2.75) is 50.2 Å². The van der Waals surface area contributed by atoms with Crippen molar-refractivity contribution in [3.8, 4) is 0 Å². The lowest BCUT2D eigenvalue weighted by atomic mass is 9.95. The first kappa shape index (κ1) is 26.4. The molecule has 0 bridgehead atoms. The topological polar surface area (TPSA) is 75.6 Å². The third-order valence-electron chi connectivity index (χ3n) is 6.21. The van der Waals surface area contributed by atoms with Gasteiger partial charge in [-0.1, -0.05) is 91.0 Å². The van der Waals surface area contributed by atoms with Gasteiger partial charge in [-0.05, 0) is 16.7 Å². The Morgan fingerprint density at radius 1 is 0.722 bits per heavy atom. The molecule has 0 spiro atoms. The average Bonchev–Trinajstić information content (AvgIpc) is 2.93. The normalized spacial score (nSPS) is 26.1. The highest BCUT2D eigenvalue weighted by Gasteiger charge is 2.57. The van der Waals surface area contributed by atoms with Crippen LogP contribution in [0.5, 0.6) is 0 Å². The molecule has 0 aromatic heterocycles. The highest BCUT2D eigenvalue weighted by atomic mass is 16.8. The van der Waals surface area contributed by atoms with E-state index in [2.05, 4.69) is 0 Å². The molecule has 5 atom stereocenters. The van der Waals surface area contributed by atoms with E-state index in [1.807, 2.05) is 91.0 Å². The zero-order valence-electron chi connectivity index (χ0n) is 20.7. The van der Waals surface area contributed by atoms with Gasteiger partial charge in [-0.3, -0.25) is 0 Å². The lowest BCUT2D eigenvalue weighted by Crippen LogP contribution is -2.68. The largest absolute Gasteiger partial charge is 0.387 e. The summed E-state index contributed by atoms with van der Waals surface area (Å²) in [5, 5.41) is 11.5. The molecule has 7 nitrogen and oxygen atoms in total. The minimum Gasteiger partial charge on any atom is -0.387 e. The van der Waals surface area contributed by atoms with Crippen LogP contribution in [-0.4, -0.2) is 56.3 Å². The summed E-state index contributed by atoms with van der Waals surface area (Å²) >= 11 is 0. The van der Waals surface area contributed by atoms with E-state index in [1.165, 1.54) is 14.2 Å². The molecule has 36 heavy (non-hydrogen) atoms. The second-order valence-electron chi connectivity index (χ2n) is 8.69. The van der Waals surface area contributed by atoms with E-state index >= 15 is 0 Å². The Balaban J connectivity index is 1.53. The molecule has 0 amide bonds. The molecule has 0 unspecified atom stereocenters. The molecule has 3 aromatic rings. The first-order valence-electron chi connectivity index (χ1n) is 12.0. The molecule has 4 rings (SSSR count). The van der Waals surface area contributed by atoms with Crippen LogP contribution in [0.1, 0.15) is 16.7 Å². The predicted molar refractivity (Wildman–Crippen MR) is 134 cm³/mol. The van der Waals surface area contributed by atoms with Crippen LogP contribution in [0.2, 0.25) is 0 Å². The van der Waals surface area contributed by atoms with Crippen molar-refractivity contribution in [1.82, 2.24) is 0 Å². The third kappa shape index (κ3) is 6.57. The second kappa shape index (κ2) is 13.1.